The number of guanidine groups is 1. The molecule has 1 heterocycles. The van der Waals surface area contributed by atoms with Crippen LogP contribution in [0.5, 0.6) is 0 Å². The third-order valence-corrected chi connectivity index (χ3v) is 3.96. The lowest BCUT2D eigenvalue weighted by Gasteiger charge is -2.36. The number of hydrogen-bond acceptors (Lipinski definition) is 3. The van der Waals surface area contributed by atoms with Crippen LogP contribution in [0.1, 0.15) is 30.7 Å². The molecule has 0 radical (unpaired) electrons. The number of rotatable bonds is 3. The summed E-state index contributed by atoms with van der Waals surface area (Å²) in [5.74, 6) is 2.59. The predicted molar refractivity (Wildman–Crippen MR) is 90.2 cm³/mol. The Bertz CT molecular complexity index is 413. The van der Waals surface area contributed by atoms with Gasteiger partial charge in [-0.3, -0.25) is 4.99 Å². The van der Waals surface area contributed by atoms with Gasteiger partial charge in [0.05, 0.1) is 0 Å². The molecule has 0 aromatic heterocycles. The van der Waals surface area contributed by atoms with Crippen molar-refractivity contribution in [3.05, 3.63) is 35.9 Å². The van der Waals surface area contributed by atoms with E-state index in [0.29, 0.717) is 0 Å². The molecule has 2 aliphatic rings. The monoisotopic (exact) mass is 371 g/mol. The average Bonchev–Trinajstić information content (AvgIpc) is 2.39. The minimum Gasteiger partial charge on any atom is -0.356 e. The molecule has 0 saturated heterocycles. The van der Waals surface area contributed by atoms with Crippen LogP contribution in [0.15, 0.2) is 35.3 Å². The number of nitrogens with one attached hydrogen (secondary N) is 2. The molecule has 0 atom stereocenters. The van der Waals surface area contributed by atoms with Gasteiger partial charge in [0.1, 0.15) is 0 Å². The number of benzene rings is 1. The number of nitrogens with zero attached hydrogens (tertiary/aromatic N) is 1. The lowest BCUT2D eigenvalue weighted by molar-refractivity contribution is 0.263. The van der Waals surface area contributed by atoms with Crippen LogP contribution in [0, 0.1) is 5.92 Å². The van der Waals surface area contributed by atoms with Crippen LogP contribution in [-0.2, 0) is 0 Å². The Morgan fingerprint density at radius 3 is 2.68 bits per heavy atom. The second-order valence-electron chi connectivity index (χ2n) is 5.34. The molecular weight excluding hydrogens is 349 g/mol. The van der Waals surface area contributed by atoms with Crippen LogP contribution in [0.4, 0.5) is 0 Å². The van der Waals surface area contributed by atoms with Gasteiger partial charge in [-0.15, -0.1) is 24.0 Å². The molecule has 3 rings (SSSR count). The van der Waals surface area contributed by atoms with Gasteiger partial charge in [0.15, 0.2) is 5.96 Å². The van der Waals surface area contributed by atoms with E-state index in [9.17, 15) is 0 Å². The first-order chi connectivity index (χ1) is 8.92. The molecule has 0 amide bonds. The van der Waals surface area contributed by atoms with Gasteiger partial charge in [0.25, 0.3) is 0 Å². The molecule has 1 aromatic rings. The van der Waals surface area contributed by atoms with E-state index in [-0.39, 0.29) is 24.0 Å². The highest BCUT2D eigenvalue weighted by Crippen LogP contribution is 2.40. The summed E-state index contributed by atoms with van der Waals surface area (Å²) >= 11 is 0. The first-order valence-electron chi connectivity index (χ1n) is 6.99. The number of aliphatic imine (C=N–C) groups is 1. The third kappa shape index (κ3) is 3.84. The van der Waals surface area contributed by atoms with Gasteiger partial charge in [-0.05, 0) is 36.7 Å². The summed E-state index contributed by atoms with van der Waals surface area (Å²) in [4.78, 5) is 4.43. The Kier molecular flexibility index (Phi) is 5.48. The summed E-state index contributed by atoms with van der Waals surface area (Å²) in [7, 11) is 0. The molecule has 1 saturated carbocycles. The fourth-order valence-electron chi connectivity index (χ4n) is 2.79. The highest BCUT2D eigenvalue weighted by molar-refractivity contribution is 14.0. The number of halogens is 1. The Labute approximate surface area is 132 Å². The Morgan fingerprint density at radius 1 is 1.21 bits per heavy atom. The molecule has 104 valence electrons. The van der Waals surface area contributed by atoms with E-state index in [0.717, 1.165) is 43.9 Å². The summed E-state index contributed by atoms with van der Waals surface area (Å²) in [6, 6.07) is 10.9. The van der Waals surface area contributed by atoms with E-state index in [1.807, 2.05) is 0 Å². The average molecular weight is 371 g/mol. The minimum atomic E-state index is 0. The van der Waals surface area contributed by atoms with Crippen molar-refractivity contribution in [1.29, 1.82) is 0 Å². The zero-order valence-corrected chi connectivity index (χ0v) is 13.5. The lowest BCUT2D eigenvalue weighted by Crippen LogP contribution is -2.44. The fraction of sp³-hybridized carbons (Fsp3) is 0.533. The normalized spacial score (nSPS) is 25.4. The van der Waals surface area contributed by atoms with Crippen LogP contribution in [0.2, 0.25) is 0 Å². The standard InChI is InChI=1S/C15H21N3.HI/c1-2-5-13(6-3-1)14-9-12(10-14)11-18-15-16-7-4-8-17-15;/h1-3,5-6,12,14H,4,7-11H2,(H2,16,17,18);1H. The van der Waals surface area contributed by atoms with Crippen molar-refractivity contribution in [2.24, 2.45) is 10.9 Å². The van der Waals surface area contributed by atoms with Gasteiger partial charge in [-0.1, -0.05) is 30.3 Å². The second-order valence-corrected chi connectivity index (χ2v) is 5.34. The van der Waals surface area contributed by atoms with E-state index in [4.69, 9.17) is 0 Å². The van der Waals surface area contributed by atoms with Gasteiger partial charge in [-0.2, -0.15) is 0 Å². The molecular formula is C15H22IN3. The lowest BCUT2D eigenvalue weighted by atomic mass is 9.71. The van der Waals surface area contributed by atoms with Gasteiger partial charge < -0.3 is 10.6 Å². The van der Waals surface area contributed by atoms with Crippen molar-refractivity contribution < 1.29 is 0 Å². The summed E-state index contributed by atoms with van der Waals surface area (Å²) in [5.41, 5.74) is 1.50. The summed E-state index contributed by atoms with van der Waals surface area (Å²) in [6.07, 6.45) is 3.78. The molecule has 4 heteroatoms. The van der Waals surface area contributed by atoms with Gasteiger partial charge >= 0.3 is 0 Å². The third-order valence-electron chi connectivity index (χ3n) is 3.96. The van der Waals surface area contributed by atoms with E-state index >= 15 is 0 Å². The summed E-state index contributed by atoms with van der Waals surface area (Å²) in [6.45, 7) is 3.09. The van der Waals surface area contributed by atoms with Crippen molar-refractivity contribution in [1.82, 2.24) is 10.6 Å². The summed E-state index contributed by atoms with van der Waals surface area (Å²) < 4.78 is 0. The highest BCUT2D eigenvalue weighted by atomic mass is 127. The van der Waals surface area contributed by atoms with Crippen molar-refractivity contribution in [2.75, 3.05) is 19.6 Å². The van der Waals surface area contributed by atoms with Crippen LogP contribution in [0.25, 0.3) is 0 Å². The van der Waals surface area contributed by atoms with E-state index in [1.165, 1.54) is 18.4 Å². The zero-order chi connectivity index (χ0) is 12.2. The van der Waals surface area contributed by atoms with E-state index in [2.05, 4.69) is 46.0 Å². The molecule has 2 N–H and O–H groups in total. The first kappa shape index (κ1) is 14.6. The molecule has 0 bridgehead atoms. The Morgan fingerprint density at radius 2 is 2.00 bits per heavy atom. The number of hydrogen-bond donors (Lipinski definition) is 2. The molecule has 1 fully saturated rings. The quantitative estimate of drug-likeness (QED) is 0.802. The largest absolute Gasteiger partial charge is 0.356 e. The maximum atomic E-state index is 4.43. The zero-order valence-electron chi connectivity index (χ0n) is 11.1. The molecule has 0 unspecified atom stereocenters. The van der Waals surface area contributed by atoms with Crippen molar-refractivity contribution >= 4 is 29.9 Å². The SMILES string of the molecule is I.c1ccc(C2CC(CNC3=NCCCN3)C2)cc1. The second kappa shape index (κ2) is 7.12. The van der Waals surface area contributed by atoms with Gasteiger partial charge in [0, 0.05) is 19.6 Å². The Hall–Kier alpha value is -0.780. The topological polar surface area (TPSA) is 36.4 Å². The smallest absolute Gasteiger partial charge is 0.191 e. The van der Waals surface area contributed by atoms with E-state index < -0.39 is 0 Å². The van der Waals surface area contributed by atoms with Crippen LogP contribution in [-0.4, -0.2) is 25.6 Å². The predicted octanol–water partition coefficient (Wildman–Crippen LogP) is 2.74. The van der Waals surface area contributed by atoms with Crippen molar-refractivity contribution in [3.63, 3.8) is 0 Å². The molecule has 1 aliphatic carbocycles. The van der Waals surface area contributed by atoms with Gasteiger partial charge in [-0.25, -0.2) is 0 Å². The van der Waals surface area contributed by atoms with E-state index in [1.54, 1.807) is 0 Å². The molecule has 3 nitrogen and oxygen atoms in total. The maximum absolute atomic E-state index is 4.43. The molecule has 1 aliphatic heterocycles. The van der Waals surface area contributed by atoms with Crippen LogP contribution in [0.3, 0.4) is 0 Å². The fourth-order valence-corrected chi connectivity index (χ4v) is 2.79. The molecule has 19 heavy (non-hydrogen) atoms. The minimum absolute atomic E-state index is 0. The maximum Gasteiger partial charge on any atom is 0.191 e. The van der Waals surface area contributed by atoms with Gasteiger partial charge in [0.2, 0.25) is 0 Å². The molecule has 1 aromatic carbocycles. The molecule has 0 spiro atoms. The first-order valence-corrected chi connectivity index (χ1v) is 6.99. The van der Waals surface area contributed by atoms with Crippen LogP contribution >= 0.6 is 24.0 Å². The van der Waals surface area contributed by atoms with Crippen molar-refractivity contribution in [3.8, 4) is 0 Å². The highest BCUT2D eigenvalue weighted by Gasteiger charge is 2.29. The summed E-state index contributed by atoms with van der Waals surface area (Å²) in [5, 5.41) is 6.74. The Balaban J connectivity index is 0.00000133. The van der Waals surface area contributed by atoms with Crippen molar-refractivity contribution in [2.45, 2.75) is 25.2 Å². The van der Waals surface area contributed by atoms with Crippen LogP contribution < -0.4 is 10.6 Å².